The highest BCUT2D eigenvalue weighted by atomic mass is 79.9. The van der Waals surface area contributed by atoms with Crippen molar-refractivity contribution in [3.05, 3.63) is 34.1 Å². The summed E-state index contributed by atoms with van der Waals surface area (Å²) in [4.78, 5) is 11.7. The summed E-state index contributed by atoms with van der Waals surface area (Å²) in [6.07, 6.45) is 0.356. The zero-order valence-electron chi connectivity index (χ0n) is 14.4. The lowest BCUT2D eigenvalue weighted by molar-refractivity contribution is 0.0521. The van der Waals surface area contributed by atoms with Crippen LogP contribution >= 0.6 is 15.9 Å². The third-order valence-electron chi connectivity index (χ3n) is 3.29. The summed E-state index contributed by atoms with van der Waals surface area (Å²) in [6, 6.07) is 4.74. The van der Waals surface area contributed by atoms with Gasteiger partial charge in [-0.2, -0.15) is 0 Å². The average molecular weight is 389 g/mol. The molecule has 2 atom stereocenters. The van der Waals surface area contributed by atoms with Crippen LogP contribution in [0.5, 0.6) is 0 Å². The van der Waals surface area contributed by atoms with Gasteiger partial charge in [-0.25, -0.2) is 9.18 Å². The number of benzene rings is 1. The molecule has 0 bridgehead atoms. The number of nitrogens with one attached hydrogen (secondary N) is 2. The molecular formula is C17H26BrFN2O2. The first-order valence-corrected chi connectivity index (χ1v) is 8.59. The standard InChI is InChI=1S/C17H26BrFN2O2/c1-6-13(10-20-16(22)23-17(3,4)5)21-11(2)14-9-12(18)7-8-15(14)19/h7-9,11,13,21H,6,10H2,1-5H3,(H,20,22). The summed E-state index contributed by atoms with van der Waals surface area (Å²) in [7, 11) is 0. The number of carbonyl (C=O) groups is 1. The van der Waals surface area contributed by atoms with Crippen LogP contribution < -0.4 is 10.6 Å². The molecular weight excluding hydrogens is 363 g/mol. The minimum Gasteiger partial charge on any atom is -0.444 e. The smallest absolute Gasteiger partial charge is 0.407 e. The van der Waals surface area contributed by atoms with Gasteiger partial charge in [-0.1, -0.05) is 22.9 Å². The lowest BCUT2D eigenvalue weighted by Crippen LogP contribution is -2.43. The lowest BCUT2D eigenvalue weighted by atomic mass is 10.1. The van der Waals surface area contributed by atoms with Gasteiger partial charge in [0.2, 0.25) is 0 Å². The normalized spacial score (nSPS) is 14.2. The summed E-state index contributed by atoms with van der Waals surface area (Å²) in [5.74, 6) is -0.247. The minimum absolute atomic E-state index is 0.0240. The molecule has 2 unspecified atom stereocenters. The Hall–Kier alpha value is -1.14. The third-order valence-corrected chi connectivity index (χ3v) is 3.79. The Bertz CT molecular complexity index is 532. The fourth-order valence-corrected chi connectivity index (χ4v) is 2.51. The topological polar surface area (TPSA) is 50.4 Å². The molecule has 0 saturated carbocycles. The molecule has 1 rings (SSSR count). The molecule has 0 aromatic heterocycles. The molecule has 130 valence electrons. The number of hydrogen-bond acceptors (Lipinski definition) is 3. The minimum atomic E-state index is -0.522. The van der Waals surface area contributed by atoms with Gasteiger partial charge in [-0.15, -0.1) is 0 Å². The van der Waals surface area contributed by atoms with Crippen molar-refractivity contribution in [1.82, 2.24) is 10.6 Å². The van der Waals surface area contributed by atoms with Crippen molar-refractivity contribution in [1.29, 1.82) is 0 Å². The van der Waals surface area contributed by atoms with Crippen LogP contribution in [0.15, 0.2) is 22.7 Å². The molecule has 0 aliphatic heterocycles. The Morgan fingerprint density at radius 2 is 2.04 bits per heavy atom. The first-order valence-electron chi connectivity index (χ1n) is 7.80. The quantitative estimate of drug-likeness (QED) is 0.751. The monoisotopic (exact) mass is 388 g/mol. The van der Waals surface area contributed by atoms with Crippen molar-refractivity contribution in [2.45, 2.75) is 58.7 Å². The van der Waals surface area contributed by atoms with Crippen molar-refractivity contribution in [2.75, 3.05) is 6.54 Å². The average Bonchev–Trinajstić information content (AvgIpc) is 2.43. The van der Waals surface area contributed by atoms with Crippen molar-refractivity contribution in [3.63, 3.8) is 0 Å². The van der Waals surface area contributed by atoms with E-state index in [1.165, 1.54) is 6.07 Å². The molecule has 0 aliphatic rings. The number of ether oxygens (including phenoxy) is 1. The van der Waals surface area contributed by atoms with Crippen molar-refractivity contribution >= 4 is 22.0 Å². The lowest BCUT2D eigenvalue weighted by Gasteiger charge is -2.25. The van der Waals surface area contributed by atoms with E-state index in [4.69, 9.17) is 4.74 Å². The molecule has 0 saturated heterocycles. The van der Waals surface area contributed by atoms with E-state index >= 15 is 0 Å². The van der Waals surface area contributed by atoms with Crippen LogP contribution in [0.25, 0.3) is 0 Å². The summed E-state index contributed by atoms with van der Waals surface area (Å²) in [5.41, 5.74) is 0.0708. The number of halogens is 2. The van der Waals surface area contributed by atoms with E-state index < -0.39 is 11.7 Å². The molecule has 0 fully saturated rings. The van der Waals surface area contributed by atoms with Crippen LogP contribution in [-0.4, -0.2) is 24.3 Å². The van der Waals surface area contributed by atoms with Crippen LogP contribution in [0.2, 0.25) is 0 Å². The van der Waals surface area contributed by atoms with Gasteiger partial charge in [0.25, 0.3) is 0 Å². The Kier molecular flexibility index (Phi) is 7.48. The van der Waals surface area contributed by atoms with E-state index in [1.807, 2.05) is 34.6 Å². The second-order valence-electron chi connectivity index (χ2n) is 6.54. The molecule has 0 aliphatic carbocycles. The third kappa shape index (κ3) is 7.31. The van der Waals surface area contributed by atoms with E-state index in [-0.39, 0.29) is 17.9 Å². The molecule has 1 aromatic carbocycles. The number of rotatable bonds is 6. The fourth-order valence-electron chi connectivity index (χ4n) is 2.13. The molecule has 6 heteroatoms. The van der Waals surface area contributed by atoms with Crippen molar-refractivity contribution in [2.24, 2.45) is 0 Å². The number of hydrogen-bond donors (Lipinski definition) is 2. The van der Waals surface area contributed by atoms with Gasteiger partial charge >= 0.3 is 6.09 Å². The number of alkyl carbamates (subject to hydrolysis) is 1. The Morgan fingerprint density at radius 3 is 2.61 bits per heavy atom. The Labute approximate surface area is 146 Å². The van der Waals surface area contributed by atoms with Crippen molar-refractivity contribution < 1.29 is 13.9 Å². The maximum atomic E-state index is 13.9. The Morgan fingerprint density at radius 1 is 1.39 bits per heavy atom. The van der Waals surface area contributed by atoms with Gasteiger partial charge in [0, 0.05) is 28.7 Å². The highest BCUT2D eigenvalue weighted by Gasteiger charge is 2.19. The maximum absolute atomic E-state index is 13.9. The van der Waals surface area contributed by atoms with E-state index in [2.05, 4.69) is 26.6 Å². The van der Waals surface area contributed by atoms with Crippen LogP contribution in [0.3, 0.4) is 0 Å². The first-order chi connectivity index (χ1) is 10.6. The molecule has 2 N–H and O–H groups in total. The van der Waals surface area contributed by atoms with E-state index in [9.17, 15) is 9.18 Å². The summed E-state index contributed by atoms with van der Waals surface area (Å²) >= 11 is 3.36. The van der Waals surface area contributed by atoms with Gasteiger partial charge in [-0.3, -0.25) is 0 Å². The molecule has 0 heterocycles. The van der Waals surface area contributed by atoms with Crippen molar-refractivity contribution in [3.8, 4) is 0 Å². The zero-order valence-corrected chi connectivity index (χ0v) is 16.0. The largest absolute Gasteiger partial charge is 0.444 e. The molecule has 0 radical (unpaired) electrons. The van der Waals surface area contributed by atoms with Crippen LogP contribution in [0.1, 0.15) is 52.6 Å². The molecule has 0 spiro atoms. The molecule has 23 heavy (non-hydrogen) atoms. The van der Waals surface area contributed by atoms with E-state index in [0.717, 1.165) is 10.9 Å². The summed E-state index contributed by atoms with van der Waals surface area (Å²) in [6.45, 7) is 9.80. The van der Waals surface area contributed by atoms with E-state index in [1.54, 1.807) is 12.1 Å². The summed E-state index contributed by atoms with van der Waals surface area (Å²) in [5, 5.41) is 6.08. The van der Waals surface area contributed by atoms with E-state index in [0.29, 0.717) is 12.1 Å². The predicted octanol–water partition coefficient (Wildman–Crippen LogP) is 4.54. The molecule has 1 amide bonds. The zero-order chi connectivity index (χ0) is 17.6. The SMILES string of the molecule is CCC(CNC(=O)OC(C)(C)C)NC(C)c1cc(Br)ccc1F. The number of carbonyl (C=O) groups excluding carboxylic acids is 1. The fraction of sp³-hybridized carbons (Fsp3) is 0.588. The van der Waals surface area contributed by atoms with Gasteiger partial charge in [0.05, 0.1) is 0 Å². The first kappa shape index (κ1) is 19.9. The highest BCUT2D eigenvalue weighted by molar-refractivity contribution is 9.10. The van der Waals surface area contributed by atoms with Gasteiger partial charge in [0.1, 0.15) is 11.4 Å². The second kappa shape index (κ2) is 8.64. The van der Waals surface area contributed by atoms with Gasteiger partial charge in [0.15, 0.2) is 0 Å². The second-order valence-corrected chi connectivity index (χ2v) is 7.46. The molecule has 1 aromatic rings. The van der Waals surface area contributed by atoms with Gasteiger partial charge in [-0.05, 0) is 52.3 Å². The maximum Gasteiger partial charge on any atom is 0.407 e. The highest BCUT2D eigenvalue weighted by Crippen LogP contribution is 2.22. The van der Waals surface area contributed by atoms with Gasteiger partial charge < -0.3 is 15.4 Å². The number of amides is 1. The van der Waals surface area contributed by atoms with Crippen LogP contribution in [-0.2, 0) is 4.74 Å². The predicted molar refractivity (Wildman–Crippen MR) is 94.0 cm³/mol. The summed E-state index contributed by atoms with van der Waals surface area (Å²) < 4.78 is 20.0. The van der Waals surface area contributed by atoms with Crippen LogP contribution in [0, 0.1) is 5.82 Å². The molecule has 4 nitrogen and oxygen atoms in total. The Balaban J connectivity index is 2.59. The van der Waals surface area contributed by atoms with Crippen LogP contribution in [0.4, 0.5) is 9.18 Å².